The molecule has 1 aromatic carbocycles. The third-order valence-corrected chi connectivity index (χ3v) is 3.20. The topological polar surface area (TPSA) is 56.0 Å². The van der Waals surface area contributed by atoms with Crippen molar-refractivity contribution in [3.05, 3.63) is 55.8 Å². The molecule has 7 heteroatoms. The minimum atomic E-state index is -0.558. The van der Waals surface area contributed by atoms with Crippen molar-refractivity contribution in [1.29, 1.82) is 0 Å². The summed E-state index contributed by atoms with van der Waals surface area (Å²) in [6.07, 6.45) is 1.08. The highest BCUT2D eigenvalue weighted by Gasteiger charge is 2.17. The third-order valence-electron chi connectivity index (χ3n) is 2.27. The Hall–Kier alpha value is -1.36. The number of pyridine rings is 1. The zero-order valence-electron chi connectivity index (χ0n) is 8.73. The highest BCUT2D eigenvalue weighted by atomic mass is 35.5. The van der Waals surface area contributed by atoms with E-state index in [1.54, 1.807) is 18.2 Å². The van der Waals surface area contributed by atoms with Crippen LogP contribution in [0.25, 0.3) is 11.1 Å². The molecule has 2 aromatic rings. The smallest absolute Gasteiger partial charge is 0.258 e. The van der Waals surface area contributed by atoms with Crippen molar-refractivity contribution < 1.29 is 4.92 Å². The number of nitrogens with zero attached hydrogens (tertiary/aromatic N) is 2. The van der Waals surface area contributed by atoms with E-state index in [-0.39, 0.29) is 10.8 Å². The molecule has 0 atom stereocenters. The molecule has 0 radical (unpaired) electrons. The van der Waals surface area contributed by atoms with E-state index in [0.717, 1.165) is 6.20 Å². The Morgan fingerprint density at radius 2 is 1.78 bits per heavy atom. The summed E-state index contributed by atoms with van der Waals surface area (Å²) < 4.78 is 0. The maximum Gasteiger partial charge on any atom is 0.288 e. The van der Waals surface area contributed by atoms with Crippen LogP contribution in [-0.2, 0) is 0 Å². The van der Waals surface area contributed by atoms with Crippen LogP contribution in [0.1, 0.15) is 0 Å². The standard InChI is InChI=1S/C11H5Cl3N2O2/c12-8-2-1-3-9(13)10(8)7-4-6(16(17)18)5-15-11(7)14/h1-5H. The zero-order chi connectivity index (χ0) is 13.3. The number of aromatic nitrogens is 1. The summed E-state index contributed by atoms with van der Waals surface area (Å²) in [5.41, 5.74) is 0.592. The molecule has 0 aliphatic rings. The van der Waals surface area contributed by atoms with Gasteiger partial charge in [0.1, 0.15) is 11.3 Å². The normalized spacial score (nSPS) is 10.4. The van der Waals surface area contributed by atoms with Gasteiger partial charge in [0, 0.05) is 17.2 Å². The van der Waals surface area contributed by atoms with Gasteiger partial charge in [0.05, 0.1) is 15.0 Å². The Morgan fingerprint density at radius 3 is 2.33 bits per heavy atom. The molecule has 0 unspecified atom stereocenters. The Balaban J connectivity index is 2.70. The van der Waals surface area contributed by atoms with Crippen molar-refractivity contribution in [3.8, 4) is 11.1 Å². The first-order chi connectivity index (χ1) is 8.50. The van der Waals surface area contributed by atoms with Gasteiger partial charge >= 0.3 is 0 Å². The second kappa shape index (κ2) is 5.10. The van der Waals surface area contributed by atoms with Gasteiger partial charge in [0.15, 0.2) is 0 Å². The maximum atomic E-state index is 10.7. The van der Waals surface area contributed by atoms with Gasteiger partial charge < -0.3 is 0 Å². The molecule has 1 heterocycles. The van der Waals surface area contributed by atoms with Crippen LogP contribution in [0.5, 0.6) is 0 Å². The number of hydrogen-bond acceptors (Lipinski definition) is 3. The van der Waals surface area contributed by atoms with Crippen molar-refractivity contribution in [2.45, 2.75) is 0 Å². The second-order valence-corrected chi connectivity index (χ2v) is 4.56. The summed E-state index contributed by atoms with van der Waals surface area (Å²) in [4.78, 5) is 13.9. The average Bonchev–Trinajstić information content (AvgIpc) is 2.30. The van der Waals surface area contributed by atoms with Gasteiger partial charge in [-0.25, -0.2) is 4.98 Å². The Kier molecular flexibility index (Phi) is 3.71. The monoisotopic (exact) mass is 302 g/mol. The van der Waals surface area contributed by atoms with Crippen molar-refractivity contribution in [1.82, 2.24) is 4.98 Å². The van der Waals surface area contributed by atoms with Gasteiger partial charge in [-0.2, -0.15) is 0 Å². The van der Waals surface area contributed by atoms with Crippen LogP contribution >= 0.6 is 34.8 Å². The fraction of sp³-hybridized carbons (Fsp3) is 0. The predicted octanol–water partition coefficient (Wildman–Crippen LogP) is 4.62. The van der Waals surface area contributed by atoms with Crippen molar-refractivity contribution in [2.24, 2.45) is 0 Å². The summed E-state index contributed by atoms with van der Waals surface area (Å²) in [6.45, 7) is 0. The van der Waals surface area contributed by atoms with Crippen LogP contribution in [0.2, 0.25) is 15.2 Å². The second-order valence-electron chi connectivity index (χ2n) is 3.39. The molecule has 92 valence electrons. The lowest BCUT2D eigenvalue weighted by molar-refractivity contribution is -0.385. The number of rotatable bonds is 2. The van der Waals surface area contributed by atoms with E-state index in [1.807, 2.05) is 0 Å². The van der Waals surface area contributed by atoms with E-state index >= 15 is 0 Å². The van der Waals surface area contributed by atoms with Crippen LogP contribution in [0.4, 0.5) is 5.69 Å². The lowest BCUT2D eigenvalue weighted by Gasteiger charge is -2.08. The van der Waals surface area contributed by atoms with E-state index in [0.29, 0.717) is 21.2 Å². The molecular formula is C11H5Cl3N2O2. The SMILES string of the molecule is O=[N+]([O-])c1cnc(Cl)c(-c2c(Cl)cccc2Cl)c1. The minimum Gasteiger partial charge on any atom is -0.258 e. The highest BCUT2D eigenvalue weighted by Crippen LogP contribution is 2.38. The predicted molar refractivity (Wildman–Crippen MR) is 71.4 cm³/mol. The number of hydrogen-bond donors (Lipinski definition) is 0. The minimum absolute atomic E-state index is 0.107. The first-order valence-corrected chi connectivity index (χ1v) is 5.88. The van der Waals surface area contributed by atoms with Crippen molar-refractivity contribution in [3.63, 3.8) is 0 Å². The van der Waals surface area contributed by atoms with Gasteiger partial charge in [0.2, 0.25) is 0 Å². The molecule has 0 saturated carbocycles. The maximum absolute atomic E-state index is 10.7. The van der Waals surface area contributed by atoms with E-state index in [9.17, 15) is 10.1 Å². The summed E-state index contributed by atoms with van der Waals surface area (Å²) >= 11 is 18.0. The molecule has 0 saturated heterocycles. The molecule has 18 heavy (non-hydrogen) atoms. The van der Waals surface area contributed by atoms with Gasteiger partial charge in [-0.15, -0.1) is 0 Å². The summed E-state index contributed by atoms with van der Waals surface area (Å²) in [6, 6.07) is 6.21. The molecular weight excluding hydrogens is 298 g/mol. The molecule has 0 amide bonds. The van der Waals surface area contributed by atoms with Gasteiger partial charge in [-0.1, -0.05) is 40.9 Å². The lowest BCUT2D eigenvalue weighted by Crippen LogP contribution is -1.92. The summed E-state index contributed by atoms with van der Waals surface area (Å²) in [5.74, 6) is 0. The Bertz CT molecular complexity index is 611. The summed E-state index contributed by atoms with van der Waals surface area (Å²) in [5, 5.41) is 11.5. The van der Waals surface area contributed by atoms with E-state index < -0.39 is 4.92 Å². The van der Waals surface area contributed by atoms with Gasteiger partial charge in [-0.3, -0.25) is 10.1 Å². The van der Waals surface area contributed by atoms with Crippen LogP contribution in [0.15, 0.2) is 30.5 Å². The Morgan fingerprint density at radius 1 is 1.17 bits per heavy atom. The van der Waals surface area contributed by atoms with Gasteiger partial charge in [-0.05, 0) is 12.1 Å². The number of halogens is 3. The molecule has 0 bridgehead atoms. The van der Waals surface area contributed by atoms with Crippen LogP contribution in [-0.4, -0.2) is 9.91 Å². The summed E-state index contributed by atoms with van der Waals surface area (Å²) in [7, 11) is 0. The number of nitro groups is 1. The van der Waals surface area contributed by atoms with Crippen LogP contribution < -0.4 is 0 Å². The zero-order valence-corrected chi connectivity index (χ0v) is 11.0. The van der Waals surface area contributed by atoms with E-state index in [1.165, 1.54) is 6.07 Å². The fourth-order valence-electron chi connectivity index (χ4n) is 1.47. The fourth-order valence-corrected chi connectivity index (χ4v) is 2.27. The average molecular weight is 304 g/mol. The Labute approximate surface area is 117 Å². The first kappa shape index (κ1) is 13.1. The van der Waals surface area contributed by atoms with Gasteiger partial charge in [0.25, 0.3) is 5.69 Å². The third kappa shape index (κ3) is 2.41. The molecule has 0 aliphatic heterocycles. The molecule has 0 aliphatic carbocycles. The lowest BCUT2D eigenvalue weighted by atomic mass is 10.1. The molecule has 0 N–H and O–H groups in total. The van der Waals surface area contributed by atoms with Crippen molar-refractivity contribution in [2.75, 3.05) is 0 Å². The first-order valence-electron chi connectivity index (χ1n) is 4.75. The van der Waals surface area contributed by atoms with E-state index in [4.69, 9.17) is 34.8 Å². The highest BCUT2D eigenvalue weighted by molar-refractivity contribution is 6.40. The largest absolute Gasteiger partial charge is 0.288 e. The van der Waals surface area contributed by atoms with E-state index in [2.05, 4.69) is 4.98 Å². The molecule has 0 spiro atoms. The molecule has 4 nitrogen and oxygen atoms in total. The molecule has 2 rings (SSSR count). The molecule has 0 fully saturated rings. The molecule has 1 aromatic heterocycles. The quantitative estimate of drug-likeness (QED) is 0.462. The van der Waals surface area contributed by atoms with Crippen LogP contribution in [0, 0.1) is 10.1 Å². The van der Waals surface area contributed by atoms with Crippen LogP contribution in [0.3, 0.4) is 0 Å². The number of benzene rings is 1. The van der Waals surface area contributed by atoms with Crippen molar-refractivity contribution >= 4 is 40.5 Å².